The van der Waals surface area contributed by atoms with E-state index in [0.717, 1.165) is 0 Å². The first-order chi connectivity index (χ1) is 6.65. The van der Waals surface area contributed by atoms with Crippen molar-refractivity contribution < 1.29 is 14.6 Å². The van der Waals surface area contributed by atoms with E-state index in [1.807, 2.05) is 0 Å². The number of rotatable bonds is 4. The third-order valence-electron chi connectivity index (χ3n) is 1.75. The lowest BCUT2D eigenvalue weighted by molar-refractivity contribution is -0.145. The Hall–Kier alpha value is -1.22. The maximum absolute atomic E-state index is 10.7. The van der Waals surface area contributed by atoms with Crippen molar-refractivity contribution >= 4 is 17.6 Å². The number of halogens is 1. The average molecular weight is 215 g/mol. The number of hydrogen-bond acceptors (Lipinski definition) is 2. The van der Waals surface area contributed by atoms with Crippen LogP contribution in [0.1, 0.15) is 13.3 Å². The van der Waals surface area contributed by atoms with Crippen molar-refractivity contribution in [2.45, 2.75) is 19.4 Å². The molecule has 0 heterocycles. The zero-order valence-electron chi connectivity index (χ0n) is 7.74. The zero-order valence-corrected chi connectivity index (χ0v) is 8.49. The summed E-state index contributed by atoms with van der Waals surface area (Å²) in [5.74, 6) is -0.573. The Kier molecular flexibility index (Phi) is 3.77. The molecular weight excluding hydrogens is 204 g/mol. The van der Waals surface area contributed by atoms with E-state index >= 15 is 0 Å². The van der Waals surface area contributed by atoms with Crippen LogP contribution in [0.2, 0.25) is 5.02 Å². The number of hydrogen-bond donors (Lipinski definition) is 1. The molecule has 1 atom stereocenters. The van der Waals surface area contributed by atoms with Crippen molar-refractivity contribution in [3.8, 4) is 5.75 Å². The number of carbonyl (C=O) groups is 1. The number of ether oxygens (including phenoxy) is 1. The van der Waals surface area contributed by atoms with Gasteiger partial charge in [0.25, 0.3) is 0 Å². The van der Waals surface area contributed by atoms with Crippen molar-refractivity contribution in [3.63, 3.8) is 0 Å². The Balaban J connectivity index is 2.77. The van der Waals surface area contributed by atoms with Gasteiger partial charge in [-0.1, -0.05) is 30.7 Å². The Bertz CT molecular complexity index is 325. The highest BCUT2D eigenvalue weighted by atomic mass is 35.5. The van der Waals surface area contributed by atoms with Crippen molar-refractivity contribution in [2.75, 3.05) is 0 Å². The Morgan fingerprint density at radius 2 is 2.21 bits per heavy atom. The first-order valence-corrected chi connectivity index (χ1v) is 4.67. The SMILES string of the molecule is CCC(Oc1ccccc1Cl)C(=O)O. The molecule has 0 bridgehead atoms. The molecule has 0 aromatic heterocycles. The molecule has 0 fully saturated rings. The van der Waals surface area contributed by atoms with Gasteiger partial charge in [0.15, 0.2) is 6.10 Å². The molecular formula is C10H11ClO3. The summed E-state index contributed by atoms with van der Waals surface area (Å²) in [6, 6.07) is 6.81. The molecule has 4 heteroatoms. The van der Waals surface area contributed by atoms with Gasteiger partial charge in [0.1, 0.15) is 5.75 Å². The molecule has 1 N–H and O–H groups in total. The molecule has 0 saturated carbocycles. The summed E-state index contributed by atoms with van der Waals surface area (Å²) in [5.41, 5.74) is 0. The molecule has 1 aromatic carbocycles. The highest BCUT2D eigenvalue weighted by Gasteiger charge is 2.17. The quantitative estimate of drug-likeness (QED) is 0.838. The number of carboxylic acids is 1. The molecule has 1 aromatic rings. The normalized spacial score (nSPS) is 12.1. The Labute approximate surface area is 87.3 Å². The second-order valence-electron chi connectivity index (χ2n) is 2.78. The molecule has 14 heavy (non-hydrogen) atoms. The zero-order chi connectivity index (χ0) is 10.6. The van der Waals surface area contributed by atoms with Gasteiger partial charge in [-0.05, 0) is 18.6 Å². The molecule has 0 amide bonds. The monoisotopic (exact) mass is 214 g/mol. The van der Waals surface area contributed by atoms with Gasteiger partial charge in [0.05, 0.1) is 5.02 Å². The van der Waals surface area contributed by atoms with E-state index in [9.17, 15) is 4.79 Å². The highest BCUT2D eigenvalue weighted by Crippen LogP contribution is 2.24. The van der Waals surface area contributed by atoms with E-state index in [2.05, 4.69) is 0 Å². The minimum atomic E-state index is -0.979. The summed E-state index contributed by atoms with van der Waals surface area (Å²) < 4.78 is 5.22. The van der Waals surface area contributed by atoms with Crippen LogP contribution in [0.5, 0.6) is 5.75 Å². The molecule has 0 aliphatic heterocycles. The fraction of sp³-hybridized carbons (Fsp3) is 0.300. The number of carboxylic acid groups (broad SMARTS) is 1. The molecule has 0 aliphatic rings. The third-order valence-corrected chi connectivity index (χ3v) is 2.06. The molecule has 0 radical (unpaired) electrons. The molecule has 0 spiro atoms. The van der Waals surface area contributed by atoms with Crippen LogP contribution in [0.25, 0.3) is 0 Å². The molecule has 3 nitrogen and oxygen atoms in total. The minimum absolute atomic E-state index is 0.403. The number of benzene rings is 1. The van der Waals surface area contributed by atoms with Crippen LogP contribution in [0.15, 0.2) is 24.3 Å². The lowest BCUT2D eigenvalue weighted by atomic mass is 10.2. The van der Waals surface area contributed by atoms with Crippen molar-refractivity contribution in [3.05, 3.63) is 29.3 Å². The predicted octanol–water partition coefficient (Wildman–Crippen LogP) is 2.58. The number of para-hydroxylation sites is 1. The van der Waals surface area contributed by atoms with Crippen LogP contribution >= 0.6 is 11.6 Å². The van der Waals surface area contributed by atoms with Crippen LogP contribution in [0, 0.1) is 0 Å². The van der Waals surface area contributed by atoms with E-state index in [1.165, 1.54) is 0 Å². The van der Waals surface area contributed by atoms with Crippen molar-refractivity contribution in [1.29, 1.82) is 0 Å². The van der Waals surface area contributed by atoms with Gasteiger partial charge in [-0.3, -0.25) is 0 Å². The fourth-order valence-electron chi connectivity index (χ4n) is 1.00. The van der Waals surface area contributed by atoms with Crippen LogP contribution in [-0.2, 0) is 4.79 Å². The Morgan fingerprint density at radius 3 is 2.71 bits per heavy atom. The van der Waals surface area contributed by atoms with Crippen LogP contribution < -0.4 is 4.74 Å². The molecule has 1 unspecified atom stereocenters. The maximum atomic E-state index is 10.7. The largest absolute Gasteiger partial charge is 0.479 e. The van der Waals surface area contributed by atoms with Gasteiger partial charge in [-0.25, -0.2) is 4.79 Å². The van der Waals surface area contributed by atoms with Crippen LogP contribution in [0.3, 0.4) is 0 Å². The lowest BCUT2D eigenvalue weighted by Gasteiger charge is -2.13. The second kappa shape index (κ2) is 4.86. The maximum Gasteiger partial charge on any atom is 0.344 e. The van der Waals surface area contributed by atoms with E-state index in [0.29, 0.717) is 17.2 Å². The van der Waals surface area contributed by atoms with E-state index in [4.69, 9.17) is 21.4 Å². The summed E-state index contributed by atoms with van der Waals surface area (Å²) in [4.78, 5) is 10.7. The first kappa shape index (κ1) is 10.9. The van der Waals surface area contributed by atoms with Gasteiger partial charge in [-0.2, -0.15) is 0 Å². The van der Waals surface area contributed by atoms with Gasteiger partial charge in [0, 0.05) is 0 Å². The summed E-state index contributed by atoms with van der Waals surface area (Å²) in [6.45, 7) is 1.75. The van der Waals surface area contributed by atoms with E-state index in [1.54, 1.807) is 31.2 Å². The van der Waals surface area contributed by atoms with Gasteiger partial charge >= 0.3 is 5.97 Å². The van der Waals surface area contributed by atoms with E-state index in [-0.39, 0.29) is 0 Å². The van der Waals surface area contributed by atoms with Crippen molar-refractivity contribution in [1.82, 2.24) is 0 Å². The van der Waals surface area contributed by atoms with Gasteiger partial charge in [-0.15, -0.1) is 0 Å². The van der Waals surface area contributed by atoms with Gasteiger partial charge in [0.2, 0.25) is 0 Å². The fourth-order valence-corrected chi connectivity index (χ4v) is 1.18. The smallest absolute Gasteiger partial charge is 0.344 e. The summed E-state index contributed by atoms with van der Waals surface area (Å²) in [7, 11) is 0. The summed E-state index contributed by atoms with van der Waals surface area (Å²) in [6.07, 6.45) is -0.435. The predicted molar refractivity (Wildman–Crippen MR) is 53.8 cm³/mol. The first-order valence-electron chi connectivity index (χ1n) is 4.29. The molecule has 76 valence electrons. The summed E-state index contributed by atoms with van der Waals surface area (Å²) in [5, 5.41) is 9.18. The summed E-state index contributed by atoms with van der Waals surface area (Å²) >= 11 is 5.81. The number of aliphatic carboxylic acids is 1. The van der Waals surface area contributed by atoms with E-state index < -0.39 is 12.1 Å². The molecule has 0 saturated heterocycles. The average Bonchev–Trinajstić information content (AvgIpc) is 2.16. The standard InChI is InChI=1S/C10H11ClO3/c1-2-8(10(12)13)14-9-6-4-3-5-7(9)11/h3-6,8H,2H2,1H3,(H,12,13). The van der Waals surface area contributed by atoms with Gasteiger partial charge < -0.3 is 9.84 Å². The topological polar surface area (TPSA) is 46.5 Å². The van der Waals surface area contributed by atoms with Crippen LogP contribution in [0.4, 0.5) is 0 Å². The van der Waals surface area contributed by atoms with Crippen LogP contribution in [-0.4, -0.2) is 17.2 Å². The molecule has 0 aliphatic carbocycles. The van der Waals surface area contributed by atoms with Crippen molar-refractivity contribution in [2.24, 2.45) is 0 Å². The highest BCUT2D eigenvalue weighted by molar-refractivity contribution is 6.32. The Morgan fingerprint density at radius 1 is 1.57 bits per heavy atom. The second-order valence-corrected chi connectivity index (χ2v) is 3.19. The molecule has 1 rings (SSSR count). The lowest BCUT2D eigenvalue weighted by Crippen LogP contribution is -2.25. The third kappa shape index (κ3) is 2.64. The minimum Gasteiger partial charge on any atom is -0.479 e.